The molecule has 1 heterocycles. The van der Waals surface area contributed by atoms with Gasteiger partial charge in [-0.1, -0.05) is 37.8 Å². The summed E-state index contributed by atoms with van der Waals surface area (Å²) in [6, 6.07) is 18.7. The van der Waals surface area contributed by atoms with Crippen molar-refractivity contribution in [2.24, 2.45) is 0 Å². The third-order valence-electron chi connectivity index (χ3n) is 5.96. The zero-order chi connectivity index (χ0) is 22.9. The summed E-state index contributed by atoms with van der Waals surface area (Å²) in [5, 5.41) is 8.80. The first-order valence-corrected chi connectivity index (χ1v) is 11.6. The van der Waals surface area contributed by atoms with Crippen molar-refractivity contribution in [1.82, 2.24) is 10.3 Å². The number of carbonyl (C=O) groups is 2. The molecule has 0 spiro atoms. The highest BCUT2D eigenvalue weighted by Crippen LogP contribution is 2.18. The summed E-state index contributed by atoms with van der Waals surface area (Å²) in [6.45, 7) is 0. The number of rotatable bonds is 6. The van der Waals surface area contributed by atoms with Crippen LogP contribution >= 0.6 is 0 Å². The Morgan fingerprint density at radius 3 is 1.88 bits per heavy atom. The molecule has 1 fully saturated rings. The third kappa shape index (κ3) is 6.91. The van der Waals surface area contributed by atoms with Crippen LogP contribution in [0.3, 0.4) is 0 Å². The van der Waals surface area contributed by atoms with E-state index in [0.29, 0.717) is 16.9 Å². The van der Waals surface area contributed by atoms with E-state index in [2.05, 4.69) is 20.9 Å². The average Bonchev–Trinajstić information content (AvgIpc) is 3.10. The van der Waals surface area contributed by atoms with Crippen molar-refractivity contribution in [3.8, 4) is 0 Å². The zero-order valence-electron chi connectivity index (χ0n) is 18.7. The molecule has 6 heteroatoms. The van der Waals surface area contributed by atoms with E-state index in [1.807, 2.05) is 36.4 Å². The molecule has 1 aliphatic carbocycles. The van der Waals surface area contributed by atoms with Crippen LogP contribution in [0.15, 0.2) is 73.1 Å². The lowest BCUT2D eigenvalue weighted by Crippen LogP contribution is -2.34. The highest BCUT2D eigenvalue weighted by Gasteiger charge is 2.15. The molecular weight excluding hydrogens is 412 g/mol. The molecule has 1 saturated carbocycles. The van der Waals surface area contributed by atoms with E-state index < -0.39 is 0 Å². The number of urea groups is 1. The Labute approximate surface area is 194 Å². The summed E-state index contributed by atoms with van der Waals surface area (Å²) < 4.78 is 0. The van der Waals surface area contributed by atoms with Crippen LogP contribution in [-0.2, 0) is 6.42 Å². The second-order valence-electron chi connectivity index (χ2n) is 8.55. The molecule has 0 saturated heterocycles. The minimum absolute atomic E-state index is 0.0512. The fourth-order valence-corrected chi connectivity index (χ4v) is 4.13. The Morgan fingerprint density at radius 2 is 1.27 bits per heavy atom. The van der Waals surface area contributed by atoms with Gasteiger partial charge in [-0.15, -0.1) is 0 Å². The Kier molecular flexibility index (Phi) is 7.69. The first-order chi connectivity index (χ1) is 16.2. The van der Waals surface area contributed by atoms with Crippen molar-refractivity contribution in [2.45, 2.75) is 51.0 Å². The van der Waals surface area contributed by atoms with Crippen molar-refractivity contribution in [3.63, 3.8) is 0 Å². The quantitative estimate of drug-likeness (QED) is 0.424. The highest BCUT2D eigenvalue weighted by molar-refractivity contribution is 6.00. The van der Waals surface area contributed by atoms with Gasteiger partial charge in [0.05, 0.1) is 0 Å². The number of aromatic nitrogens is 1. The molecule has 3 aromatic rings. The summed E-state index contributed by atoms with van der Waals surface area (Å²) in [6.07, 6.45) is 11.4. The van der Waals surface area contributed by atoms with Crippen molar-refractivity contribution in [3.05, 3.63) is 89.7 Å². The summed E-state index contributed by atoms with van der Waals surface area (Å²) in [4.78, 5) is 28.9. The van der Waals surface area contributed by atoms with Gasteiger partial charge in [0.25, 0.3) is 5.91 Å². The van der Waals surface area contributed by atoms with Crippen LogP contribution in [0.25, 0.3) is 0 Å². The lowest BCUT2D eigenvalue weighted by Gasteiger charge is -2.16. The Hall–Kier alpha value is -3.67. The largest absolute Gasteiger partial charge is 0.349 e. The summed E-state index contributed by atoms with van der Waals surface area (Å²) >= 11 is 0. The van der Waals surface area contributed by atoms with Crippen LogP contribution in [0.4, 0.5) is 16.2 Å². The van der Waals surface area contributed by atoms with E-state index in [-0.39, 0.29) is 18.0 Å². The molecule has 3 amide bonds. The molecule has 6 nitrogen and oxygen atoms in total. The van der Waals surface area contributed by atoms with Gasteiger partial charge < -0.3 is 16.0 Å². The van der Waals surface area contributed by atoms with E-state index >= 15 is 0 Å². The molecule has 170 valence electrons. The van der Waals surface area contributed by atoms with E-state index in [9.17, 15) is 9.59 Å². The van der Waals surface area contributed by atoms with E-state index in [1.54, 1.807) is 36.7 Å². The van der Waals surface area contributed by atoms with Gasteiger partial charge in [-0.25, -0.2) is 4.79 Å². The van der Waals surface area contributed by atoms with Gasteiger partial charge in [0.2, 0.25) is 0 Å². The van der Waals surface area contributed by atoms with Gasteiger partial charge in [-0.05, 0) is 78.9 Å². The van der Waals surface area contributed by atoms with Gasteiger partial charge in [0.1, 0.15) is 0 Å². The smallest absolute Gasteiger partial charge is 0.323 e. The van der Waals surface area contributed by atoms with Gasteiger partial charge in [-0.2, -0.15) is 0 Å². The predicted molar refractivity (Wildman–Crippen MR) is 132 cm³/mol. The van der Waals surface area contributed by atoms with Crippen LogP contribution in [0.1, 0.15) is 60.0 Å². The number of carbonyl (C=O) groups excluding carboxylic acids is 2. The third-order valence-corrected chi connectivity index (χ3v) is 5.96. The lowest BCUT2D eigenvalue weighted by atomic mass is 10.1. The topological polar surface area (TPSA) is 83.1 Å². The lowest BCUT2D eigenvalue weighted by molar-refractivity contribution is 0.0933. The fourth-order valence-electron chi connectivity index (χ4n) is 4.13. The SMILES string of the molecule is O=C(Nc1ccc(Cc2ccncc2)cc1)Nc1ccc(C(=O)NC2CCCCCC2)cc1. The molecule has 0 aliphatic heterocycles. The van der Waals surface area contributed by atoms with Crippen LogP contribution in [0.5, 0.6) is 0 Å². The molecule has 4 rings (SSSR count). The molecule has 1 aliphatic rings. The van der Waals surface area contributed by atoms with Crippen molar-refractivity contribution >= 4 is 23.3 Å². The number of amides is 3. The number of nitrogens with zero attached hydrogens (tertiary/aromatic N) is 1. The normalized spacial score (nSPS) is 14.2. The standard InChI is InChI=1S/C27H30N4O2/c32-26(29-23-5-3-1-2-4-6-23)22-9-13-25(14-10-22)31-27(33)30-24-11-7-20(8-12-24)19-21-15-17-28-18-16-21/h7-18,23H,1-6,19H2,(H,29,32)(H2,30,31,33). The molecule has 2 aromatic carbocycles. The summed E-state index contributed by atoms with van der Waals surface area (Å²) in [5.74, 6) is -0.0512. The number of benzene rings is 2. The van der Waals surface area contributed by atoms with Crippen LogP contribution in [-0.4, -0.2) is 23.0 Å². The molecule has 3 N–H and O–H groups in total. The van der Waals surface area contributed by atoms with Crippen molar-refractivity contribution in [2.75, 3.05) is 10.6 Å². The highest BCUT2D eigenvalue weighted by atomic mass is 16.2. The maximum atomic E-state index is 12.5. The second kappa shape index (κ2) is 11.3. The van der Waals surface area contributed by atoms with E-state index in [4.69, 9.17) is 0 Å². The second-order valence-corrected chi connectivity index (χ2v) is 8.55. The molecule has 0 atom stereocenters. The summed E-state index contributed by atoms with van der Waals surface area (Å²) in [7, 11) is 0. The molecule has 1 aromatic heterocycles. The van der Waals surface area contributed by atoms with Crippen molar-refractivity contribution < 1.29 is 9.59 Å². The Morgan fingerprint density at radius 1 is 0.727 bits per heavy atom. The Balaban J connectivity index is 1.26. The minimum Gasteiger partial charge on any atom is -0.349 e. The maximum Gasteiger partial charge on any atom is 0.323 e. The number of anilines is 2. The molecule has 0 unspecified atom stereocenters. The minimum atomic E-state index is -0.326. The van der Waals surface area contributed by atoms with Crippen LogP contribution in [0.2, 0.25) is 0 Å². The first kappa shape index (κ1) is 22.5. The maximum absolute atomic E-state index is 12.5. The molecule has 0 radical (unpaired) electrons. The van der Waals surface area contributed by atoms with E-state index in [1.165, 1.54) is 31.2 Å². The monoisotopic (exact) mass is 442 g/mol. The van der Waals surface area contributed by atoms with Gasteiger partial charge in [0, 0.05) is 35.4 Å². The molecular formula is C27H30N4O2. The zero-order valence-corrected chi connectivity index (χ0v) is 18.7. The van der Waals surface area contributed by atoms with Gasteiger partial charge in [-0.3, -0.25) is 9.78 Å². The first-order valence-electron chi connectivity index (χ1n) is 11.6. The number of pyridine rings is 1. The number of hydrogen-bond acceptors (Lipinski definition) is 3. The average molecular weight is 443 g/mol. The van der Waals surface area contributed by atoms with Crippen LogP contribution < -0.4 is 16.0 Å². The molecule has 0 bridgehead atoms. The predicted octanol–water partition coefficient (Wildman–Crippen LogP) is 5.77. The van der Waals surface area contributed by atoms with Gasteiger partial charge >= 0.3 is 6.03 Å². The number of hydrogen-bond donors (Lipinski definition) is 3. The van der Waals surface area contributed by atoms with Gasteiger partial charge in [0.15, 0.2) is 0 Å². The fraction of sp³-hybridized carbons (Fsp3) is 0.296. The Bertz CT molecular complexity index is 1040. The van der Waals surface area contributed by atoms with E-state index in [0.717, 1.165) is 24.8 Å². The summed E-state index contributed by atoms with van der Waals surface area (Å²) in [5.41, 5.74) is 4.30. The number of nitrogens with one attached hydrogen (secondary N) is 3. The van der Waals surface area contributed by atoms with Crippen molar-refractivity contribution in [1.29, 1.82) is 0 Å². The van der Waals surface area contributed by atoms with Crippen LogP contribution in [0, 0.1) is 0 Å². The molecule has 33 heavy (non-hydrogen) atoms.